The number of nitrogens with zero attached hydrogens (tertiary/aromatic N) is 3. The summed E-state index contributed by atoms with van der Waals surface area (Å²) in [6.07, 6.45) is 1.67. The van der Waals surface area contributed by atoms with Crippen molar-refractivity contribution in [2.75, 3.05) is 0 Å². The number of carbonyl (C=O) groups excluding carboxylic acids is 1. The monoisotopic (exact) mass is 362 g/mol. The van der Waals surface area contributed by atoms with Crippen LogP contribution in [0.1, 0.15) is 23.0 Å². The number of rotatable bonds is 5. The zero-order chi connectivity index (χ0) is 18.1. The van der Waals surface area contributed by atoms with Crippen molar-refractivity contribution in [3.05, 3.63) is 72.2 Å². The summed E-state index contributed by atoms with van der Waals surface area (Å²) >= 11 is 1.42. The summed E-state index contributed by atoms with van der Waals surface area (Å²) in [6.45, 7) is 3.86. The summed E-state index contributed by atoms with van der Waals surface area (Å²) in [5.41, 5.74) is 3.61. The first-order chi connectivity index (χ1) is 12.6. The highest BCUT2D eigenvalue weighted by Crippen LogP contribution is 2.30. The molecule has 130 valence electrons. The molecule has 1 atom stereocenters. The molecule has 0 aliphatic rings. The molecule has 0 spiro atoms. The molecule has 4 rings (SSSR count). The Balaban J connectivity index is 1.63. The van der Waals surface area contributed by atoms with Gasteiger partial charge in [-0.2, -0.15) is 0 Å². The second-order valence-electron chi connectivity index (χ2n) is 6.11. The lowest BCUT2D eigenvalue weighted by atomic mass is 10.1. The standard InChI is InChI=1S/C20H18N4OS/c1-13-18(16-10-6-7-11-17(16)22-13)19(25)14(2)26-20-23-21-12-24(20)15-8-4-3-5-9-15/h3-12,14,22H,1-2H3/t14-/m0/s1. The number of Topliss-reactive ketones (excluding diaryl/α,β-unsaturated/α-hetero) is 1. The van der Waals surface area contributed by atoms with Crippen molar-refractivity contribution in [3.8, 4) is 5.69 Å². The van der Waals surface area contributed by atoms with Gasteiger partial charge in [0.1, 0.15) is 6.33 Å². The van der Waals surface area contributed by atoms with Gasteiger partial charge in [0.2, 0.25) is 0 Å². The Kier molecular flexibility index (Phi) is 4.34. The fourth-order valence-corrected chi connectivity index (χ4v) is 3.98. The van der Waals surface area contributed by atoms with Gasteiger partial charge >= 0.3 is 0 Å². The van der Waals surface area contributed by atoms with Gasteiger partial charge in [0.05, 0.1) is 5.25 Å². The van der Waals surface area contributed by atoms with E-state index in [0.29, 0.717) is 5.16 Å². The second-order valence-corrected chi connectivity index (χ2v) is 7.42. The molecule has 4 aromatic rings. The van der Waals surface area contributed by atoms with Gasteiger partial charge in [0.15, 0.2) is 10.9 Å². The number of hydrogen-bond donors (Lipinski definition) is 1. The molecule has 6 heteroatoms. The topological polar surface area (TPSA) is 63.6 Å². The average Bonchev–Trinajstić information content (AvgIpc) is 3.25. The van der Waals surface area contributed by atoms with Crippen LogP contribution in [-0.2, 0) is 0 Å². The molecule has 2 heterocycles. The van der Waals surface area contributed by atoms with E-state index < -0.39 is 0 Å². The second kappa shape index (κ2) is 6.80. The lowest BCUT2D eigenvalue weighted by molar-refractivity contribution is 0.0995. The molecule has 2 aromatic carbocycles. The number of benzene rings is 2. The number of aromatic nitrogens is 4. The number of nitrogens with one attached hydrogen (secondary N) is 1. The van der Waals surface area contributed by atoms with Crippen LogP contribution < -0.4 is 0 Å². The van der Waals surface area contributed by atoms with Crippen molar-refractivity contribution in [3.63, 3.8) is 0 Å². The lowest BCUT2D eigenvalue weighted by Gasteiger charge is -2.11. The molecular formula is C20H18N4OS. The molecule has 0 saturated carbocycles. The Labute approximate surface area is 155 Å². The summed E-state index contributed by atoms with van der Waals surface area (Å²) in [6, 6.07) is 17.8. The smallest absolute Gasteiger partial charge is 0.196 e. The zero-order valence-corrected chi connectivity index (χ0v) is 15.3. The first kappa shape index (κ1) is 16.6. The van der Waals surface area contributed by atoms with Crippen molar-refractivity contribution >= 4 is 28.4 Å². The molecule has 0 fully saturated rings. The Morgan fingerprint density at radius 3 is 2.65 bits per heavy atom. The van der Waals surface area contributed by atoms with E-state index in [1.807, 2.05) is 73.0 Å². The van der Waals surface area contributed by atoms with Crippen molar-refractivity contribution in [2.45, 2.75) is 24.3 Å². The third-order valence-corrected chi connectivity index (χ3v) is 5.40. The third kappa shape index (κ3) is 2.93. The maximum atomic E-state index is 13.1. The van der Waals surface area contributed by atoms with Gasteiger partial charge in [-0.25, -0.2) is 0 Å². The highest BCUT2D eigenvalue weighted by atomic mass is 32.2. The number of para-hydroxylation sites is 2. The van der Waals surface area contributed by atoms with Crippen LogP contribution in [0.3, 0.4) is 0 Å². The van der Waals surface area contributed by atoms with E-state index in [1.54, 1.807) is 6.33 Å². The number of aryl methyl sites for hydroxylation is 1. The van der Waals surface area contributed by atoms with Gasteiger partial charge in [-0.3, -0.25) is 9.36 Å². The molecule has 0 unspecified atom stereocenters. The van der Waals surface area contributed by atoms with Crippen LogP contribution >= 0.6 is 11.8 Å². The van der Waals surface area contributed by atoms with E-state index in [2.05, 4.69) is 15.2 Å². The SMILES string of the molecule is Cc1[nH]c2ccccc2c1C(=O)[C@H](C)Sc1nncn1-c1ccccc1. The largest absolute Gasteiger partial charge is 0.358 e. The van der Waals surface area contributed by atoms with Gasteiger partial charge in [-0.1, -0.05) is 48.2 Å². The average molecular weight is 362 g/mol. The fraction of sp³-hybridized carbons (Fsp3) is 0.150. The Hall–Kier alpha value is -2.86. The van der Waals surface area contributed by atoms with Crippen molar-refractivity contribution in [1.29, 1.82) is 0 Å². The molecule has 0 saturated heterocycles. The lowest BCUT2D eigenvalue weighted by Crippen LogP contribution is -2.15. The van der Waals surface area contributed by atoms with E-state index in [0.717, 1.165) is 27.8 Å². The Bertz CT molecular complexity index is 1070. The first-order valence-corrected chi connectivity index (χ1v) is 9.26. The molecule has 0 amide bonds. The van der Waals surface area contributed by atoms with Crippen LogP contribution in [0.5, 0.6) is 0 Å². The van der Waals surface area contributed by atoms with Crippen LogP contribution in [0.15, 0.2) is 66.1 Å². The van der Waals surface area contributed by atoms with Crippen molar-refractivity contribution < 1.29 is 4.79 Å². The number of hydrogen-bond acceptors (Lipinski definition) is 4. The summed E-state index contributed by atoms with van der Waals surface area (Å²) in [5, 5.41) is 9.60. The van der Waals surface area contributed by atoms with Crippen molar-refractivity contribution in [1.82, 2.24) is 19.7 Å². The van der Waals surface area contributed by atoms with Crippen LogP contribution in [0.2, 0.25) is 0 Å². The van der Waals surface area contributed by atoms with E-state index in [4.69, 9.17) is 0 Å². The van der Waals surface area contributed by atoms with Gasteiger partial charge in [0.25, 0.3) is 0 Å². The number of thioether (sulfide) groups is 1. The van der Waals surface area contributed by atoms with Crippen LogP contribution in [0, 0.1) is 6.92 Å². The minimum Gasteiger partial charge on any atom is -0.358 e. The van der Waals surface area contributed by atoms with Crippen LogP contribution in [-0.4, -0.2) is 30.8 Å². The quantitative estimate of drug-likeness (QED) is 0.422. The number of aromatic amines is 1. The number of ketones is 1. The normalized spacial score (nSPS) is 12.4. The summed E-state index contributed by atoms with van der Waals surface area (Å²) in [7, 11) is 0. The number of carbonyl (C=O) groups is 1. The predicted molar refractivity (Wildman–Crippen MR) is 104 cm³/mol. The summed E-state index contributed by atoms with van der Waals surface area (Å²) < 4.78 is 1.90. The van der Waals surface area contributed by atoms with E-state index in [-0.39, 0.29) is 11.0 Å². The van der Waals surface area contributed by atoms with E-state index in [9.17, 15) is 4.79 Å². The molecule has 0 aliphatic heterocycles. The highest BCUT2D eigenvalue weighted by Gasteiger charge is 2.24. The molecule has 0 radical (unpaired) electrons. The van der Waals surface area contributed by atoms with E-state index in [1.165, 1.54) is 11.8 Å². The Morgan fingerprint density at radius 2 is 1.85 bits per heavy atom. The zero-order valence-electron chi connectivity index (χ0n) is 14.5. The van der Waals surface area contributed by atoms with Gasteiger partial charge < -0.3 is 4.98 Å². The van der Waals surface area contributed by atoms with Crippen LogP contribution in [0.25, 0.3) is 16.6 Å². The first-order valence-electron chi connectivity index (χ1n) is 8.39. The highest BCUT2D eigenvalue weighted by molar-refractivity contribution is 8.00. The number of fused-ring (bicyclic) bond motifs is 1. The maximum Gasteiger partial charge on any atom is 0.196 e. The molecule has 2 aromatic heterocycles. The fourth-order valence-electron chi connectivity index (χ4n) is 3.08. The summed E-state index contributed by atoms with van der Waals surface area (Å²) in [5.74, 6) is 0.0903. The van der Waals surface area contributed by atoms with Crippen LogP contribution in [0.4, 0.5) is 0 Å². The van der Waals surface area contributed by atoms with Gasteiger partial charge in [-0.15, -0.1) is 10.2 Å². The minimum absolute atomic E-state index is 0.0903. The van der Waals surface area contributed by atoms with Gasteiger partial charge in [0, 0.05) is 27.8 Å². The summed E-state index contributed by atoms with van der Waals surface area (Å²) in [4.78, 5) is 16.4. The van der Waals surface area contributed by atoms with E-state index >= 15 is 0 Å². The van der Waals surface area contributed by atoms with Crippen molar-refractivity contribution in [2.24, 2.45) is 0 Å². The molecule has 1 N–H and O–H groups in total. The molecule has 0 aliphatic carbocycles. The minimum atomic E-state index is -0.278. The number of H-pyrrole nitrogens is 1. The van der Waals surface area contributed by atoms with Gasteiger partial charge in [-0.05, 0) is 32.0 Å². The molecular weight excluding hydrogens is 344 g/mol. The maximum absolute atomic E-state index is 13.1. The molecule has 0 bridgehead atoms. The Morgan fingerprint density at radius 1 is 1.12 bits per heavy atom. The molecule has 5 nitrogen and oxygen atoms in total. The third-order valence-electron chi connectivity index (χ3n) is 4.34. The molecule has 26 heavy (non-hydrogen) atoms. The predicted octanol–water partition coefficient (Wildman–Crippen LogP) is 4.42.